The van der Waals surface area contributed by atoms with Crippen molar-refractivity contribution in [1.82, 2.24) is 4.90 Å². The van der Waals surface area contributed by atoms with Crippen molar-refractivity contribution in [2.75, 3.05) is 44.6 Å². The van der Waals surface area contributed by atoms with Gasteiger partial charge in [0.05, 0.1) is 31.5 Å². The second-order valence-electron chi connectivity index (χ2n) is 11.9. The number of esters is 1. The van der Waals surface area contributed by atoms with Gasteiger partial charge in [-0.3, -0.25) is 9.69 Å². The Hall–Kier alpha value is -2.05. The van der Waals surface area contributed by atoms with Crippen molar-refractivity contribution in [3.63, 3.8) is 0 Å². The van der Waals surface area contributed by atoms with Crippen molar-refractivity contribution >= 4 is 29.2 Å². The van der Waals surface area contributed by atoms with Gasteiger partial charge in [0.15, 0.2) is 0 Å². The number of anilines is 1. The van der Waals surface area contributed by atoms with Crippen LogP contribution in [0.4, 0.5) is 5.69 Å². The van der Waals surface area contributed by atoms with Gasteiger partial charge in [0.1, 0.15) is 0 Å². The van der Waals surface area contributed by atoms with Crippen LogP contribution < -0.4 is 4.90 Å². The molecule has 222 valence electrons. The molecule has 0 radical (unpaired) electrons. The van der Waals surface area contributed by atoms with Crippen LogP contribution in [-0.2, 0) is 24.5 Å². The highest BCUT2D eigenvalue weighted by Gasteiger charge is 2.62. The number of methoxy groups -OCH3 is 2. The lowest BCUT2D eigenvalue weighted by Gasteiger charge is -2.45. The number of para-hydroxylation sites is 1. The van der Waals surface area contributed by atoms with E-state index in [0.717, 1.165) is 69.7 Å². The first-order chi connectivity index (χ1) is 19.5. The molecular weight excluding hydrogens is 524 g/mol. The number of hydrogen-bond acceptors (Lipinski definition) is 5. The Bertz CT molecular complexity index is 1030. The molecule has 1 amide bonds. The highest BCUT2D eigenvalue weighted by molar-refractivity contribution is 6.17. The number of fused-ring (bicyclic) bond motifs is 4. The summed E-state index contributed by atoms with van der Waals surface area (Å²) in [6, 6.07) is 8.50. The van der Waals surface area contributed by atoms with Gasteiger partial charge in [0.2, 0.25) is 5.91 Å². The third-order valence-corrected chi connectivity index (χ3v) is 9.99. The molecule has 2 fully saturated rings. The molecule has 0 saturated carbocycles. The molecule has 3 aliphatic rings. The summed E-state index contributed by atoms with van der Waals surface area (Å²) in [7, 11) is 3.00. The molecule has 0 N–H and O–H groups in total. The van der Waals surface area contributed by atoms with Crippen molar-refractivity contribution in [2.45, 2.75) is 95.4 Å². The van der Waals surface area contributed by atoms with Crippen molar-refractivity contribution in [3.8, 4) is 0 Å². The number of halogens is 1. The summed E-state index contributed by atoms with van der Waals surface area (Å²) >= 11 is 5.77. The third-order valence-electron chi connectivity index (χ3n) is 9.73. The first-order valence-corrected chi connectivity index (χ1v) is 16.1. The summed E-state index contributed by atoms with van der Waals surface area (Å²) in [6.45, 7) is 4.75. The maximum atomic E-state index is 14.4. The van der Waals surface area contributed by atoms with Crippen LogP contribution in [0.2, 0.25) is 0 Å². The molecule has 1 unspecified atom stereocenters. The number of ether oxygens (including phenoxy) is 2. The van der Waals surface area contributed by atoms with Crippen LogP contribution in [0.3, 0.4) is 0 Å². The second kappa shape index (κ2) is 14.7. The van der Waals surface area contributed by atoms with E-state index in [0.29, 0.717) is 11.5 Å². The number of alkyl halides is 1. The minimum atomic E-state index is -0.551. The predicted octanol–water partition coefficient (Wildman–Crippen LogP) is 6.84. The molecular formula is C33H49ClN2O4. The number of rotatable bonds is 15. The van der Waals surface area contributed by atoms with Gasteiger partial charge in [0, 0.05) is 30.7 Å². The highest BCUT2D eigenvalue weighted by atomic mass is 35.5. The lowest BCUT2D eigenvalue weighted by Crippen LogP contribution is -2.55. The van der Waals surface area contributed by atoms with Crippen molar-refractivity contribution in [1.29, 1.82) is 0 Å². The summed E-state index contributed by atoms with van der Waals surface area (Å²) in [4.78, 5) is 31.8. The average Bonchev–Trinajstić information content (AvgIpc) is 3.47. The molecule has 0 bridgehead atoms. The normalized spacial score (nSPS) is 26.3. The smallest absolute Gasteiger partial charge is 0.337 e. The molecule has 2 saturated heterocycles. The minimum Gasteiger partial charge on any atom is -0.504 e. The van der Waals surface area contributed by atoms with Crippen LogP contribution in [-0.4, -0.2) is 62.6 Å². The van der Waals surface area contributed by atoms with E-state index < -0.39 is 5.41 Å². The van der Waals surface area contributed by atoms with E-state index in [1.165, 1.54) is 51.2 Å². The molecule has 3 aliphatic heterocycles. The van der Waals surface area contributed by atoms with Crippen molar-refractivity contribution < 1.29 is 19.1 Å². The van der Waals surface area contributed by atoms with Gasteiger partial charge in [-0.2, -0.15) is 0 Å². The zero-order valence-electron chi connectivity index (χ0n) is 24.8. The molecule has 0 aliphatic carbocycles. The quantitative estimate of drug-likeness (QED) is 0.0756. The molecule has 1 spiro atoms. The SMILES string of the molecule is CC[C@H]1CN2CC[C@]3(C(=O)N(CCCCCCCCCCCCl)c4ccccc43)C2C[C@@H]1/C(=C\OC)C(=O)OC. The Balaban J connectivity index is 1.46. The Morgan fingerprint density at radius 3 is 2.38 bits per heavy atom. The monoisotopic (exact) mass is 572 g/mol. The molecule has 0 aromatic heterocycles. The third kappa shape index (κ3) is 6.23. The Labute approximate surface area is 246 Å². The first-order valence-electron chi connectivity index (χ1n) is 15.6. The summed E-state index contributed by atoms with van der Waals surface area (Å²) in [5.74, 6) is 1.01. The Morgan fingerprint density at radius 2 is 1.73 bits per heavy atom. The van der Waals surface area contributed by atoms with E-state index in [2.05, 4.69) is 41.0 Å². The zero-order valence-corrected chi connectivity index (χ0v) is 25.6. The summed E-state index contributed by atoms with van der Waals surface area (Å²) < 4.78 is 10.5. The summed E-state index contributed by atoms with van der Waals surface area (Å²) in [5, 5.41) is 0. The van der Waals surface area contributed by atoms with Gasteiger partial charge >= 0.3 is 5.97 Å². The van der Waals surface area contributed by atoms with Crippen molar-refractivity contribution in [3.05, 3.63) is 41.7 Å². The average molecular weight is 573 g/mol. The van der Waals surface area contributed by atoms with E-state index in [4.69, 9.17) is 21.1 Å². The van der Waals surface area contributed by atoms with Crippen LogP contribution >= 0.6 is 11.6 Å². The van der Waals surface area contributed by atoms with Gasteiger partial charge in [-0.25, -0.2) is 4.79 Å². The minimum absolute atomic E-state index is 0.00225. The van der Waals surface area contributed by atoms with Crippen LogP contribution in [0.15, 0.2) is 36.1 Å². The number of nitrogens with zero attached hydrogens (tertiary/aromatic N) is 2. The molecule has 4 rings (SSSR count). The molecule has 3 heterocycles. The van der Waals surface area contributed by atoms with Crippen LogP contribution in [0, 0.1) is 11.8 Å². The molecule has 1 aromatic carbocycles. The molecule has 40 heavy (non-hydrogen) atoms. The van der Waals surface area contributed by atoms with E-state index >= 15 is 0 Å². The summed E-state index contributed by atoms with van der Waals surface area (Å²) in [6.07, 6.45) is 15.0. The predicted molar refractivity (Wildman–Crippen MR) is 162 cm³/mol. The number of hydrogen-bond donors (Lipinski definition) is 0. The lowest BCUT2D eigenvalue weighted by molar-refractivity contribution is -0.137. The van der Waals surface area contributed by atoms with E-state index in [-0.39, 0.29) is 23.8 Å². The molecule has 7 heteroatoms. The number of carbonyl (C=O) groups excluding carboxylic acids is 2. The maximum Gasteiger partial charge on any atom is 0.337 e. The zero-order chi connectivity index (χ0) is 28.5. The fraction of sp³-hybridized carbons (Fsp3) is 0.697. The standard InChI is InChI=1S/C33H49ClN2O4/c1-4-25-23-35-21-18-33(30(35)22-26(25)27(24-39-2)31(37)40-3)28-16-12-13-17-29(28)36(32(33)38)20-15-11-9-7-5-6-8-10-14-19-34/h12-13,16-17,24-26,30H,4-11,14-15,18-23H2,1-3H3/b27-24+/t25-,26-,30?,33+/m0/s1. The van der Waals surface area contributed by atoms with Gasteiger partial charge in [-0.15, -0.1) is 11.6 Å². The van der Waals surface area contributed by atoms with E-state index in [1.54, 1.807) is 13.4 Å². The lowest BCUT2D eigenvalue weighted by atomic mass is 9.67. The Kier molecular flexibility index (Phi) is 11.4. The van der Waals surface area contributed by atoms with E-state index in [9.17, 15) is 9.59 Å². The Morgan fingerprint density at radius 1 is 1.05 bits per heavy atom. The largest absolute Gasteiger partial charge is 0.504 e. The van der Waals surface area contributed by atoms with Gasteiger partial charge < -0.3 is 14.4 Å². The molecule has 6 nitrogen and oxygen atoms in total. The highest BCUT2D eigenvalue weighted by Crippen LogP contribution is 2.55. The fourth-order valence-corrected chi connectivity index (χ4v) is 7.84. The number of piperidine rings is 1. The van der Waals surface area contributed by atoms with E-state index in [1.807, 2.05) is 0 Å². The summed E-state index contributed by atoms with van der Waals surface area (Å²) in [5.41, 5.74) is 2.30. The number of amides is 1. The maximum absolute atomic E-state index is 14.4. The van der Waals surface area contributed by atoms with Gasteiger partial charge in [-0.05, 0) is 55.7 Å². The number of benzene rings is 1. The second-order valence-corrected chi connectivity index (χ2v) is 12.3. The van der Waals surface area contributed by atoms with Crippen LogP contribution in [0.25, 0.3) is 0 Å². The molecule has 4 atom stereocenters. The topological polar surface area (TPSA) is 59.1 Å². The van der Waals surface area contributed by atoms with Gasteiger partial charge in [0.25, 0.3) is 0 Å². The van der Waals surface area contributed by atoms with Crippen LogP contribution in [0.1, 0.15) is 89.5 Å². The number of carbonyl (C=O) groups is 2. The van der Waals surface area contributed by atoms with Gasteiger partial charge in [-0.1, -0.05) is 76.5 Å². The van der Waals surface area contributed by atoms with Crippen molar-refractivity contribution in [2.24, 2.45) is 11.8 Å². The fourth-order valence-electron chi connectivity index (χ4n) is 7.65. The molecule has 1 aromatic rings. The number of unbranched alkanes of at least 4 members (excludes halogenated alkanes) is 8. The van der Waals surface area contributed by atoms with Crippen LogP contribution in [0.5, 0.6) is 0 Å². The first kappa shape index (κ1) is 30.9.